The first kappa shape index (κ1) is 12.6. The van der Waals surface area contributed by atoms with E-state index in [4.69, 9.17) is 16.0 Å². The standard InChI is InChI=1S/C14H14ClFN2O/c15-12-7-9(16)1-4-11(12)13-8-18-14(19-13)5-6-17-10-2-3-10/h1,4,7-8,10,17H,2-3,5-6H2. The molecule has 100 valence electrons. The summed E-state index contributed by atoms with van der Waals surface area (Å²) in [5, 5.41) is 3.73. The Morgan fingerprint density at radius 3 is 3.00 bits per heavy atom. The lowest BCUT2D eigenvalue weighted by Gasteiger charge is -2.00. The van der Waals surface area contributed by atoms with Crippen LogP contribution in [0.5, 0.6) is 0 Å². The Morgan fingerprint density at radius 2 is 2.26 bits per heavy atom. The zero-order valence-corrected chi connectivity index (χ0v) is 11.1. The number of halogens is 2. The molecule has 1 heterocycles. The molecule has 0 amide bonds. The molecule has 0 aliphatic heterocycles. The summed E-state index contributed by atoms with van der Waals surface area (Å²) < 4.78 is 18.6. The minimum absolute atomic E-state index is 0.332. The average molecular weight is 281 g/mol. The van der Waals surface area contributed by atoms with Gasteiger partial charge in [-0.15, -0.1) is 0 Å². The summed E-state index contributed by atoms with van der Waals surface area (Å²) in [6.07, 6.45) is 4.91. The third-order valence-electron chi connectivity index (χ3n) is 3.10. The molecule has 0 bridgehead atoms. The van der Waals surface area contributed by atoms with Crippen LogP contribution >= 0.6 is 11.6 Å². The fourth-order valence-electron chi connectivity index (χ4n) is 1.91. The summed E-state index contributed by atoms with van der Waals surface area (Å²) >= 11 is 5.99. The normalized spacial score (nSPS) is 14.8. The minimum atomic E-state index is -0.359. The molecule has 2 aromatic rings. The van der Waals surface area contributed by atoms with Gasteiger partial charge in [0.2, 0.25) is 0 Å². The van der Waals surface area contributed by atoms with Gasteiger partial charge in [-0.2, -0.15) is 0 Å². The van der Waals surface area contributed by atoms with Crippen molar-refractivity contribution >= 4 is 11.6 Å². The van der Waals surface area contributed by atoms with Gasteiger partial charge in [-0.05, 0) is 31.0 Å². The summed E-state index contributed by atoms with van der Waals surface area (Å²) in [6, 6.07) is 4.91. The topological polar surface area (TPSA) is 38.1 Å². The summed E-state index contributed by atoms with van der Waals surface area (Å²) in [5.41, 5.74) is 0.664. The van der Waals surface area contributed by atoms with Crippen molar-refractivity contribution in [2.75, 3.05) is 6.54 Å². The van der Waals surface area contributed by atoms with Crippen LogP contribution in [0.15, 0.2) is 28.8 Å². The van der Waals surface area contributed by atoms with Gasteiger partial charge in [-0.1, -0.05) is 11.6 Å². The van der Waals surface area contributed by atoms with Crippen LogP contribution in [0.2, 0.25) is 5.02 Å². The van der Waals surface area contributed by atoms with E-state index in [0.29, 0.717) is 28.3 Å². The Balaban J connectivity index is 1.68. The smallest absolute Gasteiger partial charge is 0.196 e. The lowest BCUT2D eigenvalue weighted by Crippen LogP contribution is -2.19. The second-order valence-corrected chi connectivity index (χ2v) is 5.13. The van der Waals surface area contributed by atoms with Crippen molar-refractivity contribution in [1.82, 2.24) is 10.3 Å². The summed E-state index contributed by atoms with van der Waals surface area (Å²) in [5.74, 6) is 0.886. The van der Waals surface area contributed by atoms with Gasteiger partial charge in [-0.25, -0.2) is 9.37 Å². The van der Waals surface area contributed by atoms with E-state index < -0.39 is 0 Å². The highest BCUT2D eigenvalue weighted by molar-refractivity contribution is 6.33. The molecular formula is C14H14ClFN2O. The van der Waals surface area contributed by atoms with Gasteiger partial charge in [0.15, 0.2) is 11.7 Å². The monoisotopic (exact) mass is 280 g/mol. The molecule has 1 aromatic heterocycles. The summed E-state index contributed by atoms with van der Waals surface area (Å²) in [6.45, 7) is 0.863. The number of aromatic nitrogens is 1. The van der Waals surface area contributed by atoms with Gasteiger partial charge in [0, 0.05) is 24.6 Å². The molecule has 0 unspecified atom stereocenters. The third-order valence-corrected chi connectivity index (χ3v) is 3.41. The van der Waals surface area contributed by atoms with Gasteiger partial charge >= 0.3 is 0 Å². The molecule has 0 spiro atoms. The van der Waals surface area contributed by atoms with Crippen LogP contribution in [0.3, 0.4) is 0 Å². The van der Waals surface area contributed by atoms with Crippen molar-refractivity contribution in [2.24, 2.45) is 0 Å². The Labute approximate surface area is 115 Å². The van der Waals surface area contributed by atoms with Crippen LogP contribution in [0.1, 0.15) is 18.7 Å². The van der Waals surface area contributed by atoms with Crippen molar-refractivity contribution in [3.8, 4) is 11.3 Å². The number of rotatable bonds is 5. The van der Waals surface area contributed by atoms with Crippen molar-refractivity contribution in [3.05, 3.63) is 41.1 Å². The second kappa shape index (κ2) is 5.31. The number of oxazole rings is 1. The molecule has 5 heteroatoms. The van der Waals surface area contributed by atoms with Crippen LogP contribution in [-0.4, -0.2) is 17.6 Å². The Morgan fingerprint density at radius 1 is 1.42 bits per heavy atom. The SMILES string of the molecule is Fc1ccc(-c2cnc(CCNC3CC3)o2)c(Cl)c1. The molecule has 0 saturated heterocycles. The summed E-state index contributed by atoms with van der Waals surface area (Å²) in [7, 11) is 0. The number of hydrogen-bond acceptors (Lipinski definition) is 3. The number of hydrogen-bond donors (Lipinski definition) is 1. The van der Waals surface area contributed by atoms with E-state index in [1.807, 2.05) is 0 Å². The van der Waals surface area contributed by atoms with E-state index in [9.17, 15) is 4.39 Å². The first-order valence-electron chi connectivity index (χ1n) is 6.36. The molecule has 1 aromatic carbocycles. The largest absolute Gasteiger partial charge is 0.441 e. The van der Waals surface area contributed by atoms with Gasteiger partial charge in [0.1, 0.15) is 5.82 Å². The maximum Gasteiger partial charge on any atom is 0.196 e. The molecule has 19 heavy (non-hydrogen) atoms. The van der Waals surface area contributed by atoms with Crippen molar-refractivity contribution in [1.29, 1.82) is 0 Å². The lowest BCUT2D eigenvalue weighted by molar-refractivity contribution is 0.494. The van der Waals surface area contributed by atoms with Crippen LogP contribution in [-0.2, 0) is 6.42 Å². The van der Waals surface area contributed by atoms with Crippen LogP contribution in [0.4, 0.5) is 4.39 Å². The molecule has 3 rings (SSSR count). The third kappa shape index (κ3) is 3.14. The molecule has 1 N–H and O–H groups in total. The van der Waals surface area contributed by atoms with Crippen LogP contribution in [0.25, 0.3) is 11.3 Å². The Bertz CT molecular complexity index is 581. The maximum absolute atomic E-state index is 13.0. The van der Waals surface area contributed by atoms with E-state index >= 15 is 0 Å². The van der Waals surface area contributed by atoms with Crippen molar-refractivity contribution in [2.45, 2.75) is 25.3 Å². The fraction of sp³-hybridized carbons (Fsp3) is 0.357. The Kier molecular flexibility index (Phi) is 3.53. The van der Waals surface area contributed by atoms with E-state index in [1.54, 1.807) is 12.3 Å². The minimum Gasteiger partial charge on any atom is -0.441 e. The molecule has 0 atom stereocenters. The molecule has 1 fully saturated rings. The van der Waals surface area contributed by atoms with Gasteiger partial charge in [-0.3, -0.25) is 0 Å². The highest BCUT2D eigenvalue weighted by Gasteiger charge is 2.20. The van der Waals surface area contributed by atoms with Crippen LogP contribution < -0.4 is 5.32 Å². The van der Waals surface area contributed by atoms with E-state index in [1.165, 1.54) is 25.0 Å². The zero-order chi connectivity index (χ0) is 13.2. The predicted molar refractivity (Wildman–Crippen MR) is 71.6 cm³/mol. The molecule has 0 radical (unpaired) electrons. The fourth-order valence-corrected chi connectivity index (χ4v) is 2.17. The van der Waals surface area contributed by atoms with E-state index in [-0.39, 0.29) is 5.82 Å². The lowest BCUT2D eigenvalue weighted by atomic mass is 10.2. The molecule has 1 aliphatic rings. The molecular weight excluding hydrogens is 267 g/mol. The second-order valence-electron chi connectivity index (χ2n) is 4.72. The van der Waals surface area contributed by atoms with E-state index in [0.717, 1.165) is 13.0 Å². The molecule has 1 saturated carbocycles. The zero-order valence-electron chi connectivity index (χ0n) is 10.3. The van der Waals surface area contributed by atoms with Gasteiger partial charge < -0.3 is 9.73 Å². The van der Waals surface area contributed by atoms with Crippen molar-refractivity contribution < 1.29 is 8.81 Å². The van der Waals surface area contributed by atoms with Gasteiger partial charge in [0.05, 0.1) is 11.2 Å². The van der Waals surface area contributed by atoms with Crippen LogP contribution in [0, 0.1) is 5.82 Å². The number of benzene rings is 1. The highest BCUT2D eigenvalue weighted by atomic mass is 35.5. The van der Waals surface area contributed by atoms with Crippen molar-refractivity contribution in [3.63, 3.8) is 0 Å². The predicted octanol–water partition coefficient (Wildman–Crippen LogP) is 3.43. The molecule has 1 aliphatic carbocycles. The highest BCUT2D eigenvalue weighted by Crippen LogP contribution is 2.29. The first-order chi connectivity index (χ1) is 9.22. The quantitative estimate of drug-likeness (QED) is 0.912. The number of nitrogens with one attached hydrogen (secondary N) is 1. The Hall–Kier alpha value is -1.39. The summed E-state index contributed by atoms with van der Waals surface area (Å²) in [4.78, 5) is 4.21. The average Bonchev–Trinajstić information content (AvgIpc) is 3.07. The number of nitrogens with zero attached hydrogens (tertiary/aromatic N) is 1. The molecule has 3 nitrogen and oxygen atoms in total. The van der Waals surface area contributed by atoms with E-state index in [2.05, 4.69) is 10.3 Å². The maximum atomic E-state index is 13.0. The first-order valence-corrected chi connectivity index (χ1v) is 6.73. The van der Waals surface area contributed by atoms with Gasteiger partial charge in [0.25, 0.3) is 0 Å².